The predicted molar refractivity (Wildman–Crippen MR) is 113 cm³/mol. The molecule has 1 saturated carbocycles. The van der Waals surface area contributed by atoms with Crippen molar-refractivity contribution in [1.82, 2.24) is 10.3 Å². The maximum absolute atomic E-state index is 12.2. The van der Waals surface area contributed by atoms with Crippen LogP contribution in [0.5, 0.6) is 0 Å². The summed E-state index contributed by atoms with van der Waals surface area (Å²) in [6.07, 6.45) is 1.93. The van der Waals surface area contributed by atoms with Crippen molar-refractivity contribution in [2.45, 2.75) is 32.4 Å². The first-order valence-electron chi connectivity index (χ1n) is 9.36. The van der Waals surface area contributed by atoms with Gasteiger partial charge >= 0.3 is 0 Å². The van der Waals surface area contributed by atoms with Crippen molar-refractivity contribution in [3.63, 3.8) is 0 Å². The molecule has 4 rings (SSSR count). The minimum Gasteiger partial charge on any atom is -0.375 e. The maximum atomic E-state index is 12.2. The molecule has 0 aliphatic heterocycles. The van der Waals surface area contributed by atoms with Crippen LogP contribution in [0.25, 0.3) is 10.6 Å². The third-order valence-corrected chi connectivity index (χ3v) is 5.93. The summed E-state index contributed by atoms with van der Waals surface area (Å²) in [5.41, 5.74) is 2.51. The van der Waals surface area contributed by atoms with Gasteiger partial charge in [-0.25, -0.2) is 4.98 Å². The highest BCUT2D eigenvalue weighted by Gasteiger charge is 2.25. The molecule has 1 heterocycles. The fourth-order valence-corrected chi connectivity index (χ4v) is 3.95. The van der Waals surface area contributed by atoms with Crippen molar-refractivity contribution in [3.05, 3.63) is 74.8 Å². The van der Waals surface area contributed by atoms with Crippen LogP contribution >= 0.6 is 11.3 Å². The molecule has 2 aromatic carbocycles. The molecule has 29 heavy (non-hydrogen) atoms. The highest BCUT2D eigenvalue weighted by atomic mass is 32.1. The van der Waals surface area contributed by atoms with Crippen LogP contribution in [-0.2, 0) is 6.54 Å². The Morgan fingerprint density at radius 2 is 2.00 bits per heavy atom. The van der Waals surface area contributed by atoms with Gasteiger partial charge in [0, 0.05) is 28.1 Å². The number of carbonyl (C=O) groups excluding carboxylic acids is 1. The van der Waals surface area contributed by atoms with Crippen LogP contribution < -0.4 is 10.6 Å². The Morgan fingerprint density at radius 1 is 1.24 bits per heavy atom. The van der Waals surface area contributed by atoms with Gasteiger partial charge in [0.2, 0.25) is 0 Å². The number of aromatic nitrogens is 1. The summed E-state index contributed by atoms with van der Waals surface area (Å²) in [6, 6.07) is 14.6. The zero-order chi connectivity index (χ0) is 20.4. The van der Waals surface area contributed by atoms with Crippen LogP contribution in [0.4, 0.5) is 11.4 Å². The molecule has 1 aliphatic carbocycles. The third-order valence-electron chi connectivity index (χ3n) is 4.72. The van der Waals surface area contributed by atoms with Gasteiger partial charge in [-0.3, -0.25) is 14.9 Å². The van der Waals surface area contributed by atoms with Gasteiger partial charge in [-0.05, 0) is 31.9 Å². The molecule has 1 amide bonds. The second-order valence-corrected chi connectivity index (χ2v) is 8.07. The lowest BCUT2D eigenvalue weighted by atomic mass is 10.1. The Morgan fingerprint density at radius 3 is 2.69 bits per heavy atom. The quantitative estimate of drug-likeness (QED) is 0.442. The molecular weight excluding hydrogens is 388 g/mol. The Bertz CT molecular complexity index is 1060. The van der Waals surface area contributed by atoms with E-state index in [0.717, 1.165) is 34.0 Å². The molecule has 3 aromatic rings. The number of thiazole rings is 1. The first kappa shape index (κ1) is 19.1. The number of rotatable bonds is 7. The van der Waals surface area contributed by atoms with Gasteiger partial charge in [-0.2, -0.15) is 0 Å². The molecule has 1 fully saturated rings. The largest absolute Gasteiger partial charge is 0.375 e. The topological polar surface area (TPSA) is 97.2 Å². The first-order valence-corrected chi connectivity index (χ1v) is 10.2. The Kier molecular flexibility index (Phi) is 5.26. The van der Waals surface area contributed by atoms with Crippen LogP contribution in [0.15, 0.2) is 48.5 Å². The monoisotopic (exact) mass is 408 g/mol. The van der Waals surface area contributed by atoms with Crippen molar-refractivity contribution < 1.29 is 9.72 Å². The summed E-state index contributed by atoms with van der Waals surface area (Å²) in [7, 11) is 0. The lowest BCUT2D eigenvalue weighted by Gasteiger charge is -2.08. The molecule has 0 unspecified atom stereocenters. The van der Waals surface area contributed by atoms with Gasteiger partial charge in [-0.1, -0.05) is 30.3 Å². The van der Waals surface area contributed by atoms with Gasteiger partial charge in [0.05, 0.1) is 17.2 Å². The van der Waals surface area contributed by atoms with E-state index in [0.29, 0.717) is 17.8 Å². The van der Waals surface area contributed by atoms with E-state index < -0.39 is 4.92 Å². The molecule has 8 heteroatoms. The van der Waals surface area contributed by atoms with E-state index in [1.165, 1.54) is 6.07 Å². The molecule has 1 aromatic heterocycles. The third kappa shape index (κ3) is 4.43. The van der Waals surface area contributed by atoms with E-state index in [-0.39, 0.29) is 17.6 Å². The molecule has 0 saturated heterocycles. The Labute approximate surface area is 172 Å². The van der Waals surface area contributed by atoms with Crippen LogP contribution in [0.3, 0.4) is 0 Å². The fourth-order valence-electron chi connectivity index (χ4n) is 2.94. The summed E-state index contributed by atoms with van der Waals surface area (Å²) in [5.74, 6) is -0.270. The van der Waals surface area contributed by atoms with E-state index in [1.807, 2.05) is 37.3 Å². The zero-order valence-electron chi connectivity index (χ0n) is 15.8. The molecule has 148 valence electrons. The van der Waals surface area contributed by atoms with Crippen molar-refractivity contribution >= 4 is 28.6 Å². The first-order chi connectivity index (χ1) is 14.0. The van der Waals surface area contributed by atoms with Gasteiger partial charge in [0.15, 0.2) is 0 Å². The Balaban J connectivity index is 1.51. The van der Waals surface area contributed by atoms with Crippen molar-refractivity contribution in [2.24, 2.45) is 0 Å². The van der Waals surface area contributed by atoms with E-state index in [2.05, 4.69) is 15.6 Å². The number of nitro groups is 1. The summed E-state index contributed by atoms with van der Waals surface area (Å²) in [4.78, 5) is 28.9. The van der Waals surface area contributed by atoms with E-state index >= 15 is 0 Å². The minimum absolute atomic E-state index is 0.112. The van der Waals surface area contributed by atoms with E-state index in [4.69, 9.17) is 0 Å². The van der Waals surface area contributed by atoms with Crippen molar-refractivity contribution in [2.75, 3.05) is 5.32 Å². The van der Waals surface area contributed by atoms with Gasteiger partial charge in [0.1, 0.15) is 10.7 Å². The molecule has 7 nitrogen and oxygen atoms in total. The van der Waals surface area contributed by atoms with Crippen LogP contribution in [0, 0.1) is 17.0 Å². The SMILES string of the molecule is Cc1nc(-c2ccccc2)sc1CNc1ccc(C(=O)NC2CC2)cc1[N+](=O)[O-]. The van der Waals surface area contributed by atoms with Crippen LogP contribution in [0.2, 0.25) is 0 Å². The minimum atomic E-state index is -0.467. The summed E-state index contributed by atoms with van der Waals surface area (Å²) >= 11 is 1.56. The number of aryl methyl sites for hydroxylation is 1. The van der Waals surface area contributed by atoms with Crippen LogP contribution in [-0.4, -0.2) is 21.9 Å². The zero-order valence-corrected chi connectivity index (χ0v) is 16.7. The lowest BCUT2D eigenvalue weighted by Crippen LogP contribution is -2.25. The standard InChI is InChI=1S/C21H20N4O3S/c1-13-19(29-21(23-13)14-5-3-2-4-6-14)12-22-17-10-7-15(11-18(17)25(27)28)20(26)24-16-8-9-16/h2-7,10-11,16,22H,8-9,12H2,1H3,(H,24,26). The maximum Gasteiger partial charge on any atom is 0.293 e. The molecule has 0 spiro atoms. The number of amides is 1. The average molecular weight is 408 g/mol. The Hall–Kier alpha value is -3.26. The van der Waals surface area contributed by atoms with Gasteiger partial charge in [0.25, 0.3) is 11.6 Å². The predicted octanol–water partition coefficient (Wildman–Crippen LogP) is 4.53. The fraction of sp³-hybridized carbons (Fsp3) is 0.238. The average Bonchev–Trinajstić information content (AvgIpc) is 3.46. The molecular formula is C21H20N4O3S. The van der Waals surface area contributed by atoms with Gasteiger partial charge in [-0.15, -0.1) is 11.3 Å². The second kappa shape index (κ2) is 8.00. The smallest absolute Gasteiger partial charge is 0.293 e. The number of carbonyl (C=O) groups is 1. The number of anilines is 1. The molecule has 0 bridgehead atoms. The van der Waals surface area contributed by atoms with Crippen molar-refractivity contribution in [3.8, 4) is 10.6 Å². The normalized spacial score (nSPS) is 13.1. The number of benzene rings is 2. The number of hydrogen-bond donors (Lipinski definition) is 2. The summed E-state index contributed by atoms with van der Waals surface area (Å²) in [5, 5.41) is 18.4. The molecule has 0 atom stereocenters. The number of nitrogens with one attached hydrogen (secondary N) is 2. The van der Waals surface area contributed by atoms with Crippen molar-refractivity contribution in [1.29, 1.82) is 0 Å². The summed E-state index contributed by atoms with van der Waals surface area (Å²) in [6.45, 7) is 2.35. The van der Waals surface area contributed by atoms with E-state index in [9.17, 15) is 14.9 Å². The molecule has 2 N–H and O–H groups in total. The molecule has 0 radical (unpaired) electrons. The highest BCUT2D eigenvalue weighted by Crippen LogP contribution is 2.31. The highest BCUT2D eigenvalue weighted by molar-refractivity contribution is 7.15. The van der Waals surface area contributed by atoms with Crippen LogP contribution in [0.1, 0.15) is 33.8 Å². The molecule has 1 aliphatic rings. The second-order valence-electron chi connectivity index (χ2n) is 6.98. The number of nitrogens with zero attached hydrogens (tertiary/aromatic N) is 2. The number of hydrogen-bond acceptors (Lipinski definition) is 6. The van der Waals surface area contributed by atoms with E-state index in [1.54, 1.807) is 23.5 Å². The lowest BCUT2D eigenvalue weighted by molar-refractivity contribution is -0.384. The van der Waals surface area contributed by atoms with Gasteiger partial charge < -0.3 is 10.6 Å². The number of nitro benzene ring substituents is 1. The summed E-state index contributed by atoms with van der Waals surface area (Å²) < 4.78 is 0.